The predicted molar refractivity (Wildman–Crippen MR) is 112 cm³/mol. The van der Waals surface area contributed by atoms with Gasteiger partial charge >= 0.3 is 5.97 Å². The van der Waals surface area contributed by atoms with E-state index < -0.39 is 17.6 Å². The number of ether oxygens (including phenoxy) is 2. The van der Waals surface area contributed by atoms with Crippen molar-refractivity contribution >= 4 is 16.9 Å². The largest absolute Gasteiger partial charge is 0.496 e. The highest BCUT2D eigenvalue weighted by Gasteiger charge is 2.13. The van der Waals surface area contributed by atoms with E-state index in [1.165, 1.54) is 7.11 Å². The van der Waals surface area contributed by atoms with E-state index in [-0.39, 0.29) is 12.3 Å². The zero-order valence-electron chi connectivity index (χ0n) is 16.6. The number of carbonyl (C=O) groups is 1. The maximum absolute atomic E-state index is 13.7. The van der Waals surface area contributed by atoms with Crippen molar-refractivity contribution in [3.63, 3.8) is 0 Å². The number of methoxy groups -OCH3 is 1. The Morgan fingerprint density at radius 3 is 2.48 bits per heavy atom. The summed E-state index contributed by atoms with van der Waals surface area (Å²) in [6, 6.07) is 16.6. The summed E-state index contributed by atoms with van der Waals surface area (Å²) in [5, 5.41) is 9.96. The molecule has 1 aromatic heterocycles. The molecule has 0 aliphatic carbocycles. The van der Waals surface area contributed by atoms with Crippen LogP contribution in [0.2, 0.25) is 0 Å². The number of aliphatic carboxylic acids is 1. The van der Waals surface area contributed by atoms with Crippen LogP contribution in [0.5, 0.6) is 11.5 Å². The van der Waals surface area contributed by atoms with Gasteiger partial charge in [-0.15, -0.1) is 0 Å². The van der Waals surface area contributed by atoms with Gasteiger partial charge in [0.25, 0.3) is 0 Å². The fourth-order valence-corrected chi connectivity index (χ4v) is 3.51. The summed E-state index contributed by atoms with van der Waals surface area (Å²) in [6.45, 7) is 0.185. The standard InChI is InChI=1S/C24H19F2NO4/c1-30-23-12-21(26)20(25)11-19(23)15-5-7-17(8-6-15)31-14-16-3-2-4-22-18(16)9-10-27(22)13-24(28)29/h2-12H,13-14H2,1H3,(H,28,29). The van der Waals surface area contributed by atoms with Crippen LogP contribution in [0.1, 0.15) is 5.56 Å². The zero-order valence-corrected chi connectivity index (χ0v) is 16.6. The number of rotatable bonds is 7. The number of fused-ring (bicyclic) bond motifs is 1. The van der Waals surface area contributed by atoms with Gasteiger partial charge in [0, 0.05) is 28.7 Å². The molecule has 0 unspecified atom stereocenters. The Kier molecular flexibility index (Phi) is 5.58. The van der Waals surface area contributed by atoms with Crippen LogP contribution in [-0.4, -0.2) is 22.8 Å². The molecule has 0 saturated carbocycles. The average Bonchev–Trinajstić information content (AvgIpc) is 3.17. The molecule has 7 heteroatoms. The van der Waals surface area contributed by atoms with Gasteiger partial charge in [-0.25, -0.2) is 8.78 Å². The van der Waals surface area contributed by atoms with Crippen molar-refractivity contribution in [1.29, 1.82) is 0 Å². The van der Waals surface area contributed by atoms with Crippen LogP contribution < -0.4 is 9.47 Å². The summed E-state index contributed by atoms with van der Waals surface area (Å²) < 4.78 is 39.9. The molecule has 0 amide bonds. The normalized spacial score (nSPS) is 10.9. The highest BCUT2D eigenvalue weighted by molar-refractivity contribution is 5.85. The topological polar surface area (TPSA) is 60.7 Å². The Morgan fingerprint density at radius 2 is 1.77 bits per heavy atom. The van der Waals surface area contributed by atoms with Crippen LogP contribution in [0, 0.1) is 11.6 Å². The van der Waals surface area contributed by atoms with Gasteiger partial charge in [0.05, 0.1) is 7.11 Å². The van der Waals surface area contributed by atoms with Crippen molar-refractivity contribution < 1.29 is 28.2 Å². The number of hydrogen-bond donors (Lipinski definition) is 1. The molecular weight excluding hydrogens is 404 g/mol. The van der Waals surface area contributed by atoms with Crippen LogP contribution >= 0.6 is 0 Å². The van der Waals surface area contributed by atoms with E-state index >= 15 is 0 Å². The molecule has 4 aromatic rings. The summed E-state index contributed by atoms with van der Waals surface area (Å²) in [7, 11) is 1.40. The second kappa shape index (κ2) is 8.47. The van der Waals surface area contributed by atoms with Crippen molar-refractivity contribution in [2.24, 2.45) is 0 Å². The van der Waals surface area contributed by atoms with Crippen molar-refractivity contribution in [2.45, 2.75) is 13.2 Å². The van der Waals surface area contributed by atoms with E-state index in [4.69, 9.17) is 14.6 Å². The lowest BCUT2D eigenvalue weighted by atomic mass is 10.0. The molecule has 5 nitrogen and oxygen atoms in total. The Bertz CT molecular complexity index is 1250. The first kappa shape index (κ1) is 20.4. The van der Waals surface area contributed by atoms with Crippen molar-refractivity contribution in [2.75, 3.05) is 7.11 Å². The Labute approximate surface area is 177 Å². The fraction of sp³-hybridized carbons (Fsp3) is 0.125. The number of carboxylic acid groups (broad SMARTS) is 1. The first-order valence-electron chi connectivity index (χ1n) is 9.51. The van der Waals surface area contributed by atoms with Crippen LogP contribution in [0.4, 0.5) is 8.78 Å². The molecule has 31 heavy (non-hydrogen) atoms. The average molecular weight is 423 g/mol. The van der Waals surface area contributed by atoms with Gasteiger partial charge in [0.1, 0.15) is 24.7 Å². The van der Waals surface area contributed by atoms with Crippen molar-refractivity contribution in [3.05, 3.63) is 84.1 Å². The quantitative estimate of drug-likeness (QED) is 0.441. The molecular formula is C24H19F2NO4. The van der Waals surface area contributed by atoms with Crippen molar-refractivity contribution in [3.8, 4) is 22.6 Å². The third-order valence-corrected chi connectivity index (χ3v) is 5.01. The molecule has 0 bridgehead atoms. The first-order valence-corrected chi connectivity index (χ1v) is 9.51. The van der Waals surface area contributed by atoms with E-state index in [1.54, 1.807) is 35.0 Å². The lowest BCUT2D eigenvalue weighted by molar-refractivity contribution is -0.137. The smallest absolute Gasteiger partial charge is 0.323 e. The van der Waals surface area contributed by atoms with E-state index in [9.17, 15) is 13.6 Å². The number of nitrogens with zero attached hydrogens (tertiary/aromatic N) is 1. The number of aromatic nitrogens is 1. The summed E-state index contributed by atoms with van der Waals surface area (Å²) >= 11 is 0. The SMILES string of the molecule is COc1cc(F)c(F)cc1-c1ccc(OCc2cccc3c2ccn3CC(=O)O)cc1. The zero-order chi connectivity index (χ0) is 22.0. The molecule has 1 N–H and O–H groups in total. The maximum atomic E-state index is 13.7. The highest BCUT2D eigenvalue weighted by atomic mass is 19.2. The number of carboxylic acids is 1. The van der Waals surface area contributed by atoms with Gasteiger partial charge < -0.3 is 19.1 Å². The lowest BCUT2D eigenvalue weighted by Crippen LogP contribution is -2.07. The molecule has 3 aromatic carbocycles. The third-order valence-electron chi connectivity index (χ3n) is 5.01. The van der Waals surface area contributed by atoms with Crippen LogP contribution in [0.25, 0.3) is 22.0 Å². The molecule has 0 fully saturated rings. The van der Waals surface area contributed by atoms with Gasteiger partial charge in [-0.3, -0.25) is 4.79 Å². The third kappa shape index (κ3) is 4.21. The minimum Gasteiger partial charge on any atom is -0.496 e. The Morgan fingerprint density at radius 1 is 1.03 bits per heavy atom. The summed E-state index contributed by atoms with van der Waals surface area (Å²) in [5.74, 6) is -1.97. The molecule has 158 valence electrons. The fourth-order valence-electron chi connectivity index (χ4n) is 3.51. The minimum absolute atomic E-state index is 0.108. The van der Waals surface area contributed by atoms with Crippen LogP contribution in [-0.2, 0) is 17.9 Å². The molecule has 0 aliphatic heterocycles. The summed E-state index contributed by atoms with van der Waals surface area (Å²) in [6.07, 6.45) is 1.74. The molecule has 0 spiro atoms. The molecule has 1 heterocycles. The molecule has 0 saturated heterocycles. The summed E-state index contributed by atoms with van der Waals surface area (Å²) in [4.78, 5) is 11.0. The van der Waals surface area contributed by atoms with E-state index in [0.717, 1.165) is 28.6 Å². The first-order chi connectivity index (χ1) is 15.0. The summed E-state index contributed by atoms with van der Waals surface area (Å²) in [5.41, 5.74) is 2.85. The predicted octanol–water partition coefficient (Wildman–Crippen LogP) is 5.26. The highest BCUT2D eigenvalue weighted by Crippen LogP contribution is 2.33. The molecule has 4 rings (SSSR count). The Hall–Kier alpha value is -3.87. The molecule has 0 radical (unpaired) electrons. The molecule has 0 aliphatic rings. The monoisotopic (exact) mass is 423 g/mol. The van der Waals surface area contributed by atoms with E-state index in [1.807, 2.05) is 24.3 Å². The van der Waals surface area contributed by atoms with Crippen molar-refractivity contribution in [1.82, 2.24) is 4.57 Å². The van der Waals surface area contributed by atoms with E-state index in [0.29, 0.717) is 23.5 Å². The number of hydrogen-bond acceptors (Lipinski definition) is 3. The van der Waals surface area contributed by atoms with Crippen LogP contribution in [0.3, 0.4) is 0 Å². The lowest BCUT2D eigenvalue weighted by Gasteiger charge is -2.11. The minimum atomic E-state index is -0.966. The second-order valence-corrected chi connectivity index (χ2v) is 6.97. The number of halogens is 2. The maximum Gasteiger partial charge on any atom is 0.323 e. The Balaban J connectivity index is 1.53. The van der Waals surface area contributed by atoms with Gasteiger partial charge in [0.2, 0.25) is 0 Å². The second-order valence-electron chi connectivity index (χ2n) is 6.97. The van der Waals surface area contributed by atoms with Crippen LogP contribution in [0.15, 0.2) is 66.9 Å². The van der Waals surface area contributed by atoms with Gasteiger partial charge in [-0.2, -0.15) is 0 Å². The van der Waals surface area contributed by atoms with E-state index in [2.05, 4.69) is 0 Å². The van der Waals surface area contributed by atoms with Gasteiger partial charge in [-0.05, 0) is 41.5 Å². The number of benzene rings is 3. The van der Waals surface area contributed by atoms with Gasteiger partial charge in [-0.1, -0.05) is 24.3 Å². The van der Waals surface area contributed by atoms with Gasteiger partial charge in [0.15, 0.2) is 11.6 Å². The molecule has 0 atom stereocenters.